The number of halogens is 1. The molecule has 0 aromatic carbocycles. The Hall–Kier alpha value is -0.0900. The summed E-state index contributed by atoms with van der Waals surface area (Å²) in [6.45, 7) is 13.7. The van der Waals surface area contributed by atoms with Crippen molar-refractivity contribution in [2.45, 2.75) is 45.7 Å². The summed E-state index contributed by atoms with van der Waals surface area (Å²) in [7, 11) is 0. The summed E-state index contributed by atoms with van der Waals surface area (Å²) in [5, 5.41) is 3.49. The van der Waals surface area contributed by atoms with E-state index in [9.17, 15) is 0 Å². The zero-order valence-electron chi connectivity index (χ0n) is 11.8. The molecule has 104 valence electrons. The molecule has 1 saturated heterocycles. The Labute approximate surface area is 121 Å². The van der Waals surface area contributed by atoms with Gasteiger partial charge in [-0.25, -0.2) is 0 Å². The van der Waals surface area contributed by atoms with Gasteiger partial charge >= 0.3 is 0 Å². The van der Waals surface area contributed by atoms with Crippen LogP contribution in [0, 0.1) is 0 Å². The molecule has 2 rings (SSSR count). The summed E-state index contributed by atoms with van der Waals surface area (Å²) in [6.07, 6.45) is 0. The third-order valence-electron chi connectivity index (χ3n) is 3.23. The number of thiophene rings is 1. The average Bonchev–Trinajstić information content (AvgIpc) is 2.65. The standard InChI is InChI=1S/C14H24N2S.ClH/c1-11-9-16(8-7-15-11)10-12-5-6-13(17-12)14(2,3)4;/h5-6,11,15H,7-10H2,1-4H3;1H/t11-;/m1./s1. The first-order valence-corrected chi connectivity index (χ1v) is 7.32. The summed E-state index contributed by atoms with van der Waals surface area (Å²) >= 11 is 1.97. The molecular formula is C14H25ClN2S. The first-order valence-electron chi connectivity index (χ1n) is 6.50. The molecule has 1 fully saturated rings. The number of hydrogen-bond donors (Lipinski definition) is 1. The number of piperazine rings is 1. The van der Waals surface area contributed by atoms with Crippen LogP contribution in [0.5, 0.6) is 0 Å². The molecule has 1 aromatic heterocycles. The molecule has 2 heterocycles. The zero-order valence-corrected chi connectivity index (χ0v) is 13.5. The summed E-state index contributed by atoms with van der Waals surface area (Å²) in [6, 6.07) is 5.23. The van der Waals surface area contributed by atoms with E-state index in [1.807, 2.05) is 11.3 Å². The van der Waals surface area contributed by atoms with Gasteiger partial charge in [-0.3, -0.25) is 4.90 Å². The Bertz CT molecular complexity index is 370. The smallest absolute Gasteiger partial charge is 0.0329 e. The van der Waals surface area contributed by atoms with E-state index in [4.69, 9.17) is 0 Å². The molecule has 1 N–H and O–H groups in total. The van der Waals surface area contributed by atoms with Gasteiger partial charge in [-0.15, -0.1) is 23.7 Å². The molecule has 1 aromatic rings. The van der Waals surface area contributed by atoms with Crippen LogP contribution >= 0.6 is 23.7 Å². The lowest BCUT2D eigenvalue weighted by Crippen LogP contribution is -2.48. The fourth-order valence-electron chi connectivity index (χ4n) is 2.24. The highest BCUT2D eigenvalue weighted by Crippen LogP contribution is 2.30. The van der Waals surface area contributed by atoms with Crippen LogP contribution in [0.3, 0.4) is 0 Å². The summed E-state index contributed by atoms with van der Waals surface area (Å²) in [5.74, 6) is 0. The normalized spacial score (nSPS) is 21.7. The van der Waals surface area contributed by atoms with Crippen LogP contribution in [0.25, 0.3) is 0 Å². The molecule has 0 aliphatic carbocycles. The van der Waals surface area contributed by atoms with Crippen molar-refractivity contribution < 1.29 is 0 Å². The highest BCUT2D eigenvalue weighted by atomic mass is 35.5. The van der Waals surface area contributed by atoms with Gasteiger partial charge in [0, 0.05) is 42.0 Å². The Morgan fingerprint density at radius 1 is 1.39 bits per heavy atom. The molecular weight excluding hydrogens is 264 g/mol. The highest BCUT2D eigenvalue weighted by molar-refractivity contribution is 7.12. The van der Waals surface area contributed by atoms with Crippen LogP contribution in [0.1, 0.15) is 37.4 Å². The van der Waals surface area contributed by atoms with Gasteiger partial charge in [0.2, 0.25) is 0 Å². The molecule has 0 amide bonds. The monoisotopic (exact) mass is 288 g/mol. The number of nitrogens with zero attached hydrogens (tertiary/aromatic N) is 1. The molecule has 0 bridgehead atoms. The summed E-state index contributed by atoms with van der Waals surface area (Å²) < 4.78 is 0. The van der Waals surface area contributed by atoms with Crippen molar-refractivity contribution in [2.24, 2.45) is 0 Å². The number of rotatable bonds is 2. The van der Waals surface area contributed by atoms with Crippen molar-refractivity contribution >= 4 is 23.7 Å². The fraction of sp³-hybridized carbons (Fsp3) is 0.714. The van der Waals surface area contributed by atoms with Gasteiger partial charge in [0.05, 0.1) is 0 Å². The molecule has 0 saturated carbocycles. The molecule has 0 radical (unpaired) electrons. The maximum atomic E-state index is 3.49. The van der Waals surface area contributed by atoms with Crippen LogP contribution in [0.4, 0.5) is 0 Å². The second-order valence-corrected chi connectivity index (χ2v) is 7.27. The number of hydrogen-bond acceptors (Lipinski definition) is 3. The Morgan fingerprint density at radius 3 is 2.67 bits per heavy atom. The number of nitrogens with one attached hydrogen (secondary N) is 1. The SMILES string of the molecule is C[C@@H]1CN(Cc2ccc(C(C)(C)C)s2)CCN1.Cl. The van der Waals surface area contributed by atoms with Crippen LogP contribution in [0.15, 0.2) is 12.1 Å². The maximum absolute atomic E-state index is 3.49. The van der Waals surface area contributed by atoms with Gasteiger partial charge < -0.3 is 5.32 Å². The van der Waals surface area contributed by atoms with Gasteiger partial charge in [0.1, 0.15) is 0 Å². The molecule has 1 aliphatic heterocycles. The quantitative estimate of drug-likeness (QED) is 0.899. The molecule has 0 unspecified atom stereocenters. The topological polar surface area (TPSA) is 15.3 Å². The van der Waals surface area contributed by atoms with Crippen LogP contribution in [-0.2, 0) is 12.0 Å². The van der Waals surface area contributed by atoms with Gasteiger partial charge in [-0.2, -0.15) is 0 Å². The maximum Gasteiger partial charge on any atom is 0.0329 e. The van der Waals surface area contributed by atoms with E-state index in [2.05, 4.69) is 50.0 Å². The van der Waals surface area contributed by atoms with E-state index >= 15 is 0 Å². The molecule has 0 spiro atoms. The average molecular weight is 289 g/mol. The minimum Gasteiger partial charge on any atom is -0.312 e. The van der Waals surface area contributed by atoms with Gasteiger partial charge in [-0.1, -0.05) is 20.8 Å². The molecule has 2 nitrogen and oxygen atoms in total. The van der Waals surface area contributed by atoms with E-state index < -0.39 is 0 Å². The van der Waals surface area contributed by atoms with Crippen molar-refractivity contribution in [1.29, 1.82) is 0 Å². The van der Waals surface area contributed by atoms with E-state index in [1.54, 1.807) is 0 Å². The van der Waals surface area contributed by atoms with Crippen molar-refractivity contribution in [3.8, 4) is 0 Å². The van der Waals surface area contributed by atoms with E-state index in [-0.39, 0.29) is 12.4 Å². The van der Waals surface area contributed by atoms with Crippen molar-refractivity contribution in [3.63, 3.8) is 0 Å². The third kappa shape index (κ3) is 4.23. The second-order valence-electron chi connectivity index (χ2n) is 6.11. The predicted molar refractivity (Wildman–Crippen MR) is 83.0 cm³/mol. The van der Waals surface area contributed by atoms with E-state index in [0.29, 0.717) is 11.5 Å². The molecule has 1 atom stereocenters. The lowest BCUT2D eigenvalue weighted by molar-refractivity contribution is 0.201. The van der Waals surface area contributed by atoms with Crippen molar-refractivity contribution in [1.82, 2.24) is 10.2 Å². The first-order chi connectivity index (χ1) is 7.95. The minimum atomic E-state index is 0. The molecule has 1 aliphatic rings. The summed E-state index contributed by atoms with van der Waals surface area (Å²) in [5.41, 5.74) is 0.291. The minimum absolute atomic E-state index is 0. The third-order valence-corrected chi connectivity index (χ3v) is 4.73. The largest absolute Gasteiger partial charge is 0.312 e. The molecule has 18 heavy (non-hydrogen) atoms. The van der Waals surface area contributed by atoms with Crippen molar-refractivity contribution in [2.75, 3.05) is 19.6 Å². The van der Waals surface area contributed by atoms with Crippen LogP contribution in [0.2, 0.25) is 0 Å². The fourth-order valence-corrected chi connectivity index (χ4v) is 3.35. The Balaban J connectivity index is 0.00000162. The van der Waals surface area contributed by atoms with Crippen LogP contribution < -0.4 is 5.32 Å². The Morgan fingerprint density at radius 2 is 2.11 bits per heavy atom. The van der Waals surface area contributed by atoms with Crippen LogP contribution in [-0.4, -0.2) is 30.6 Å². The highest BCUT2D eigenvalue weighted by Gasteiger charge is 2.19. The van der Waals surface area contributed by atoms with Crippen molar-refractivity contribution in [3.05, 3.63) is 21.9 Å². The Kier molecular flexibility index (Phi) is 5.66. The predicted octanol–water partition coefficient (Wildman–Crippen LogP) is 3.26. The molecule has 4 heteroatoms. The summed E-state index contributed by atoms with van der Waals surface area (Å²) in [4.78, 5) is 5.55. The second kappa shape index (κ2) is 6.38. The van der Waals surface area contributed by atoms with Gasteiger partial charge in [0.25, 0.3) is 0 Å². The lowest BCUT2D eigenvalue weighted by Gasteiger charge is -2.31. The van der Waals surface area contributed by atoms with E-state index in [1.165, 1.54) is 22.8 Å². The first kappa shape index (κ1) is 16.0. The zero-order chi connectivity index (χ0) is 12.5. The van der Waals surface area contributed by atoms with Gasteiger partial charge in [0.15, 0.2) is 0 Å². The van der Waals surface area contributed by atoms with Gasteiger partial charge in [-0.05, 0) is 24.5 Å². The van der Waals surface area contributed by atoms with E-state index in [0.717, 1.165) is 13.1 Å². The lowest BCUT2D eigenvalue weighted by atomic mass is 9.95.